The second-order valence-electron chi connectivity index (χ2n) is 7.25. The van der Waals surface area contributed by atoms with E-state index in [2.05, 4.69) is 12.2 Å². The van der Waals surface area contributed by atoms with Crippen molar-refractivity contribution < 1.29 is 19.1 Å². The second kappa shape index (κ2) is 9.31. The van der Waals surface area contributed by atoms with Crippen molar-refractivity contribution in [1.82, 2.24) is 5.32 Å². The number of ether oxygens (including phenoxy) is 1. The zero-order chi connectivity index (χ0) is 19.9. The predicted octanol–water partition coefficient (Wildman–Crippen LogP) is 3.77. The van der Waals surface area contributed by atoms with Crippen molar-refractivity contribution in [2.75, 3.05) is 6.61 Å². The molecular weight excluding hydrogens is 354 g/mol. The molecule has 0 radical (unpaired) electrons. The second-order valence-corrected chi connectivity index (χ2v) is 7.25. The van der Waals surface area contributed by atoms with E-state index in [0.29, 0.717) is 11.5 Å². The van der Waals surface area contributed by atoms with Crippen LogP contribution in [0.4, 0.5) is 0 Å². The van der Waals surface area contributed by atoms with Crippen molar-refractivity contribution in [1.29, 1.82) is 0 Å². The van der Waals surface area contributed by atoms with Crippen LogP contribution in [0.5, 0.6) is 0 Å². The van der Waals surface area contributed by atoms with Gasteiger partial charge in [-0.1, -0.05) is 68.3 Å². The molecule has 1 N–H and O–H groups in total. The lowest BCUT2D eigenvalue weighted by atomic mass is 9.86. The molecule has 5 heteroatoms. The molecule has 28 heavy (non-hydrogen) atoms. The summed E-state index contributed by atoms with van der Waals surface area (Å²) < 4.78 is 5.19. The minimum atomic E-state index is -0.674. The van der Waals surface area contributed by atoms with E-state index in [1.165, 1.54) is 6.42 Å². The van der Waals surface area contributed by atoms with E-state index in [4.69, 9.17) is 4.74 Å². The molecule has 0 aromatic heterocycles. The summed E-state index contributed by atoms with van der Waals surface area (Å²) in [6, 6.07) is 15.4. The molecular formula is C23H25NO4. The zero-order valence-corrected chi connectivity index (χ0v) is 16.0. The maximum Gasteiger partial charge on any atom is 0.339 e. The largest absolute Gasteiger partial charge is 0.452 e. The summed E-state index contributed by atoms with van der Waals surface area (Å²) in [4.78, 5) is 37.4. The highest BCUT2D eigenvalue weighted by Gasteiger charge is 2.24. The van der Waals surface area contributed by atoms with Gasteiger partial charge in [0.25, 0.3) is 5.91 Å². The van der Waals surface area contributed by atoms with Crippen molar-refractivity contribution in [2.45, 2.75) is 38.6 Å². The van der Waals surface area contributed by atoms with Crippen molar-refractivity contribution in [2.24, 2.45) is 5.92 Å². The monoisotopic (exact) mass is 379 g/mol. The van der Waals surface area contributed by atoms with Crippen LogP contribution in [-0.2, 0) is 9.53 Å². The van der Waals surface area contributed by atoms with Crippen LogP contribution in [-0.4, -0.2) is 30.3 Å². The molecule has 2 aromatic rings. The Kier molecular flexibility index (Phi) is 6.58. The minimum Gasteiger partial charge on any atom is -0.452 e. The number of rotatable bonds is 6. The molecule has 3 rings (SSSR count). The molecule has 5 nitrogen and oxygen atoms in total. The van der Waals surface area contributed by atoms with Gasteiger partial charge in [-0.15, -0.1) is 0 Å². The molecule has 1 aliphatic carbocycles. The Bertz CT molecular complexity index is 847. The number of amides is 1. The summed E-state index contributed by atoms with van der Waals surface area (Å²) in [5.74, 6) is -0.808. The third-order valence-electron chi connectivity index (χ3n) is 5.22. The Labute approximate surface area is 165 Å². The summed E-state index contributed by atoms with van der Waals surface area (Å²) in [7, 11) is 0. The van der Waals surface area contributed by atoms with E-state index in [-0.39, 0.29) is 35.5 Å². The first-order valence-corrected chi connectivity index (χ1v) is 9.71. The maximum atomic E-state index is 12.7. The average Bonchev–Trinajstić information content (AvgIpc) is 2.74. The quantitative estimate of drug-likeness (QED) is 0.613. The number of benzene rings is 2. The lowest BCUT2D eigenvalue weighted by Crippen LogP contribution is -2.42. The Morgan fingerprint density at radius 1 is 0.929 bits per heavy atom. The molecule has 2 aromatic carbocycles. The molecule has 0 bridgehead atoms. The first-order chi connectivity index (χ1) is 13.6. The zero-order valence-electron chi connectivity index (χ0n) is 16.0. The van der Waals surface area contributed by atoms with Crippen LogP contribution in [0.1, 0.15) is 58.9 Å². The highest BCUT2D eigenvalue weighted by atomic mass is 16.5. The van der Waals surface area contributed by atoms with E-state index in [9.17, 15) is 14.4 Å². The molecule has 0 spiro atoms. The maximum absolute atomic E-state index is 12.7. The van der Waals surface area contributed by atoms with Gasteiger partial charge in [-0.05, 0) is 24.8 Å². The average molecular weight is 379 g/mol. The van der Waals surface area contributed by atoms with Crippen LogP contribution in [0.3, 0.4) is 0 Å². The van der Waals surface area contributed by atoms with Gasteiger partial charge in [0.05, 0.1) is 5.56 Å². The van der Waals surface area contributed by atoms with Gasteiger partial charge in [0.15, 0.2) is 12.4 Å². The van der Waals surface area contributed by atoms with Gasteiger partial charge >= 0.3 is 5.97 Å². The number of hydrogen-bond acceptors (Lipinski definition) is 4. The van der Waals surface area contributed by atoms with E-state index < -0.39 is 5.97 Å². The van der Waals surface area contributed by atoms with Crippen LogP contribution in [0, 0.1) is 5.92 Å². The highest BCUT2D eigenvalue weighted by Crippen LogP contribution is 2.23. The lowest BCUT2D eigenvalue weighted by Gasteiger charge is -2.29. The fourth-order valence-electron chi connectivity index (χ4n) is 3.59. The Morgan fingerprint density at radius 2 is 1.57 bits per heavy atom. The molecule has 1 saturated carbocycles. The van der Waals surface area contributed by atoms with Crippen LogP contribution in [0.25, 0.3) is 0 Å². The number of nitrogens with one attached hydrogen (secondary N) is 1. The molecule has 0 saturated heterocycles. The van der Waals surface area contributed by atoms with E-state index in [0.717, 1.165) is 19.3 Å². The Morgan fingerprint density at radius 3 is 2.29 bits per heavy atom. The summed E-state index contributed by atoms with van der Waals surface area (Å²) in [5, 5.41) is 2.96. The molecule has 0 aliphatic heterocycles. The fourth-order valence-corrected chi connectivity index (χ4v) is 3.59. The predicted molar refractivity (Wildman–Crippen MR) is 106 cm³/mol. The van der Waals surface area contributed by atoms with Crippen molar-refractivity contribution in [3.05, 3.63) is 71.3 Å². The fraction of sp³-hybridized carbons (Fsp3) is 0.348. The number of carbonyl (C=O) groups excluding carboxylic acids is 3. The van der Waals surface area contributed by atoms with Gasteiger partial charge < -0.3 is 10.1 Å². The molecule has 1 fully saturated rings. The van der Waals surface area contributed by atoms with E-state index >= 15 is 0 Å². The van der Waals surface area contributed by atoms with Gasteiger partial charge in [-0.25, -0.2) is 4.79 Å². The topological polar surface area (TPSA) is 72.5 Å². The molecule has 0 unspecified atom stereocenters. The molecule has 2 atom stereocenters. The third-order valence-corrected chi connectivity index (χ3v) is 5.22. The molecule has 0 heterocycles. The summed E-state index contributed by atoms with van der Waals surface area (Å²) in [6.45, 7) is 1.78. The smallest absolute Gasteiger partial charge is 0.339 e. The van der Waals surface area contributed by atoms with Gasteiger partial charge in [-0.3, -0.25) is 9.59 Å². The Balaban J connectivity index is 1.63. The first-order valence-electron chi connectivity index (χ1n) is 9.71. The van der Waals surface area contributed by atoms with E-state index in [1.807, 2.05) is 6.07 Å². The normalized spacial score (nSPS) is 18.9. The van der Waals surface area contributed by atoms with Gasteiger partial charge in [0.2, 0.25) is 0 Å². The summed E-state index contributed by atoms with van der Waals surface area (Å²) in [5.41, 5.74) is 0.918. The third kappa shape index (κ3) is 4.85. The highest BCUT2D eigenvalue weighted by molar-refractivity contribution is 6.14. The van der Waals surface area contributed by atoms with Crippen LogP contribution in [0.15, 0.2) is 54.6 Å². The summed E-state index contributed by atoms with van der Waals surface area (Å²) in [6.07, 6.45) is 4.34. The van der Waals surface area contributed by atoms with Crippen LogP contribution in [0.2, 0.25) is 0 Å². The first kappa shape index (κ1) is 19.8. The summed E-state index contributed by atoms with van der Waals surface area (Å²) >= 11 is 0. The standard InChI is InChI=1S/C23H25NO4/c1-16-9-5-8-14-20(16)24-21(25)15-28-23(27)19-13-7-6-12-18(19)22(26)17-10-3-2-4-11-17/h2-4,6-7,10-13,16,20H,5,8-9,14-15H2,1H3,(H,24,25)/t16-,20-/m1/s1. The van der Waals surface area contributed by atoms with Crippen molar-refractivity contribution in [3.8, 4) is 0 Å². The van der Waals surface area contributed by atoms with Crippen molar-refractivity contribution in [3.63, 3.8) is 0 Å². The van der Waals surface area contributed by atoms with Gasteiger partial charge in [0.1, 0.15) is 0 Å². The van der Waals surface area contributed by atoms with Gasteiger partial charge in [-0.2, -0.15) is 0 Å². The molecule has 1 amide bonds. The lowest BCUT2D eigenvalue weighted by molar-refractivity contribution is -0.125. The van der Waals surface area contributed by atoms with Crippen LogP contribution >= 0.6 is 0 Å². The minimum absolute atomic E-state index is 0.131. The number of carbonyl (C=O) groups is 3. The van der Waals surface area contributed by atoms with Crippen molar-refractivity contribution >= 4 is 17.7 Å². The van der Waals surface area contributed by atoms with Crippen LogP contribution < -0.4 is 5.32 Å². The van der Waals surface area contributed by atoms with Gasteiger partial charge in [0, 0.05) is 17.2 Å². The van der Waals surface area contributed by atoms with E-state index in [1.54, 1.807) is 48.5 Å². The SMILES string of the molecule is C[C@@H]1CCCC[C@H]1NC(=O)COC(=O)c1ccccc1C(=O)c1ccccc1. The number of ketones is 1. The molecule has 146 valence electrons. The number of esters is 1. The Hall–Kier alpha value is -2.95. The molecule has 1 aliphatic rings. The number of hydrogen-bond donors (Lipinski definition) is 1.